The largest absolute Gasteiger partial charge is 0.491 e. The molecule has 1 aliphatic rings. The van der Waals surface area contributed by atoms with Crippen LogP contribution in [-0.2, 0) is 16.1 Å². The van der Waals surface area contributed by atoms with Crippen molar-refractivity contribution in [3.8, 4) is 5.75 Å². The Hall–Kier alpha value is -2.08. The Labute approximate surface area is 118 Å². The van der Waals surface area contributed by atoms with Crippen LogP contribution in [0.2, 0.25) is 0 Å². The van der Waals surface area contributed by atoms with Crippen molar-refractivity contribution in [2.75, 3.05) is 33.3 Å². The van der Waals surface area contributed by atoms with Gasteiger partial charge >= 0.3 is 0 Å². The zero-order chi connectivity index (χ0) is 14.5. The van der Waals surface area contributed by atoms with Crippen molar-refractivity contribution in [2.45, 2.75) is 6.54 Å². The average molecular weight is 277 g/mol. The van der Waals surface area contributed by atoms with Gasteiger partial charge < -0.3 is 20.3 Å². The number of carbonyl (C=O) groups is 2. The number of carbonyl (C=O) groups excluding carboxylic acids is 2. The van der Waals surface area contributed by atoms with Gasteiger partial charge in [0.15, 0.2) is 0 Å². The lowest BCUT2D eigenvalue weighted by atomic mass is 10.2. The Kier molecular flexibility index (Phi) is 4.57. The third-order valence-corrected chi connectivity index (χ3v) is 3.29. The monoisotopic (exact) mass is 277 g/mol. The fraction of sp³-hybridized carbons (Fsp3) is 0.429. The molecule has 0 saturated carbocycles. The van der Waals surface area contributed by atoms with Gasteiger partial charge in [0.2, 0.25) is 11.8 Å². The molecule has 0 aromatic heterocycles. The van der Waals surface area contributed by atoms with Crippen LogP contribution in [0.25, 0.3) is 0 Å². The van der Waals surface area contributed by atoms with E-state index >= 15 is 0 Å². The van der Waals surface area contributed by atoms with E-state index in [1.54, 1.807) is 7.05 Å². The van der Waals surface area contributed by atoms with Crippen LogP contribution >= 0.6 is 0 Å². The maximum atomic E-state index is 11.8. The van der Waals surface area contributed by atoms with Gasteiger partial charge in [-0.25, -0.2) is 0 Å². The predicted octanol–water partition coefficient (Wildman–Crippen LogP) is -0.175. The molecule has 0 bridgehead atoms. The molecular weight excluding hydrogens is 258 g/mol. The third-order valence-electron chi connectivity index (χ3n) is 3.29. The Morgan fingerprint density at radius 1 is 1.20 bits per heavy atom. The first-order valence-corrected chi connectivity index (χ1v) is 6.54. The normalized spacial score (nSPS) is 15.7. The summed E-state index contributed by atoms with van der Waals surface area (Å²) in [6.45, 7) is 1.41. The smallest absolute Gasteiger partial charge is 0.242 e. The second-order valence-electron chi connectivity index (χ2n) is 4.73. The fourth-order valence-corrected chi connectivity index (χ4v) is 2.05. The van der Waals surface area contributed by atoms with Crippen LogP contribution in [0, 0.1) is 0 Å². The van der Waals surface area contributed by atoms with Gasteiger partial charge in [0.05, 0.1) is 19.6 Å². The van der Waals surface area contributed by atoms with Crippen molar-refractivity contribution in [1.29, 1.82) is 0 Å². The van der Waals surface area contributed by atoms with Crippen molar-refractivity contribution in [3.05, 3.63) is 29.8 Å². The van der Waals surface area contributed by atoms with Crippen LogP contribution in [-0.4, -0.2) is 54.9 Å². The van der Waals surface area contributed by atoms with E-state index in [0.717, 1.165) is 11.3 Å². The standard InChI is InChI=1S/C14H19N3O3/c1-16-9-14(19)17(10-13(16)18)6-7-20-12-5-3-2-4-11(12)8-15/h2-5H,6-10,15H2,1H3. The second-order valence-corrected chi connectivity index (χ2v) is 4.73. The minimum absolute atomic E-state index is 0.0491. The molecular formula is C14H19N3O3. The van der Waals surface area contributed by atoms with E-state index in [1.807, 2.05) is 24.3 Å². The van der Waals surface area contributed by atoms with E-state index < -0.39 is 0 Å². The molecule has 0 unspecified atom stereocenters. The zero-order valence-electron chi connectivity index (χ0n) is 11.5. The highest BCUT2D eigenvalue weighted by Gasteiger charge is 2.26. The third kappa shape index (κ3) is 3.27. The summed E-state index contributed by atoms with van der Waals surface area (Å²) in [5, 5.41) is 0. The molecule has 1 fully saturated rings. The number of piperazine rings is 1. The lowest BCUT2D eigenvalue weighted by Crippen LogP contribution is -2.53. The summed E-state index contributed by atoms with van der Waals surface area (Å²) in [6, 6.07) is 7.52. The van der Waals surface area contributed by atoms with Crippen LogP contribution in [0.1, 0.15) is 5.56 Å². The van der Waals surface area contributed by atoms with Crippen LogP contribution in [0.3, 0.4) is 0 Å². The van der Waals surface area contributed by atoms with Crippen molar-refractivity contribution in [2.24, 2.45) is 5.73 Å². The first kappa shape index (κ1) is 14.3. The van der Waals surface area contributed by atoms with Crippen LogP contribution in [0.4, 0.5) is 0 Å². The van der Waals surface area contributed by atoms with Crippen molar-refractivity contribution in [3.63, 3.8) is 0 Å². The number of hydrogen-bond acceptors (Lipinski definition) is 4. The van der Waals surface area contributed by atoms with E-state index in [0.29, 0.717) is 19.7 Å². The number of likely N-dealkylation sites (N-methyl/N-ethyl adjacent to an activating group) is 1. The lowest BCUT2D eigenvalue weighted by molar-refractivity contribution is -0.149. The topological polar surface area (TPSA) is 75.9 Å². The summed E-state index contributed by atoms with van der Waals surface area (Å²) in [4.78, 5) is 26.3. The quantitative estimate of drug-likeness (QED) is 0.810. The van der Waals surface area contributed by atoms with E-state index in [-0.39, 0.29) is 24.9 Å². The first-order valence-electron chi connectivity index (χ1n) is 6.54. The van der Waals surface area contributed by atoms with Gasteiger partial charge in [-0.05, 0) is 6.07 Å². The molecule has 2 rings (SSSR count). The Morgan fingerprint density at radius 3 is 2.70 bits per heavy atom. The number of amides is 2. The molecule has 0 radical (unpaired) electrons. The molecule has 6 nitrogen and oxygen atoms in total. The lowest BCUT2D eigenvalue weighted by Gasteiger charge is -2.31. The van der Waals surface area contributed by atoms with Crippen molar-refractivity contribution in [1.82, 2.24) is 9.80 Å². The molecule has 1 aliphatic heterocycles. The van der Waals surface area contributed by atoms with Gasteiger partial charge in [-0.2, -0.15) is 0 Å². The number of rotatable bonds is 5. The molecule has 108 valence electrons. The zero-order valence-corrected chi connectivity index (χ0v) is 11.5. The number of hydrogen-bond donors (Lipinski definition) is 1. The minimum Gasteiger partial charge on any atom is -0.491 e. The Balaban J connectivity index is 1.86. The van der Waals surface area contributed by atoms with Gasteiger partial charge in [-0.15, -0.1) is 0 Å². The van der Waals surface area contributed by atoms with E-state index in [4.69, 9.17) is 10.5 Å². The molecule has 1 aromatic rings. The van der Waals surface area contributed by atoms with E-state index in [1.165, 1.54) is 9.80 Å². The van der Waals surface area contributed by atoms with Crippen LogP contribution in [0.5, 0.6) is 5.75 Å². The maximum Gasteiger partial charge on any atom is 0.242 e. The molecule has 1 saturated heterocycles. The van der Waals surface area contributed by atoms with Gasteiger partial charge in [0, 0.05) is 19.2 Å². The predicted molar refractivity (Wildman–Crippen MR) is 74.0 cm³/mol. The van der Waals surface area contributed by atoms with Gasteiger partial charge in [-0.1, -0.05) is 18.2 Å². The second kappa shape index (κ2) is 6.38. The number of ether oxygens (including phenoxy) is 1. The molecule has 20 heavy (non-hydrogen) atoms. The maximum absolute atomic E-state index is 11.8. The number of benzene rings is 1. The molecule has 1 heterocycles. The number of nitrogens with zero attached hydrogens (tertiary/aromatic N) is 2. The van der Waals surface area contributed by atoms with E-state index in [2.05, 4.69) is 0 Å². The summed E-state index contributed by atoms with van der Waals surface area (Å²) in [6.07, 6.45) is 0. The fourth-order valence-electron chi connectivity index (χ4n) is 2.05. The summed E-state index contributed by atoms with van der Waals surface area (Å²) in [5.74, 6) is 0.623. The molecule has 0 spiro atoms. The van der Waals surface area contributed by atoms with Crippen LogP contribution < -0.4 is 10.5 Å². The van der Waals surface area contributed by atoms with E-state index in [9.17, 15) is 9.59 Å². The highest BCUT2D eigenvalue weighted by atomic mass is 16.5. The highest BCUT2D eigenvalue weighted by molar-refractivity contribution is 5.92. The number of para-hydroxylation sites is 1. The van der Waals surface area contributed by atoms with Crippen molar-refractivity contribution >= 4 is 11.8 Å². The average Bonchev–Trinajstić information content (AvgIpc) is 2.45. The molecule has 1 aromatic carbocycles. The Morgan fingerprint density at radius 2 is 1.95 bits per heavy atom. The molecule has 2 N–H and O–H groups in total. The summed E-state index contributed by atoms with van der Waals surface area (Å²) in [5.41, 5.74) is 6.55. The Bertz CT molecular complexity index is 504. The van der Waals surface area contributed by atoms with Gasteiger partial charge in [-0.3, -0.25) is 9.59 Å². The summed E-state index contributed by atoms with van der Waals surface area (Å²) >= 11 is 0. The summed E-state index contributed by atoms with van der Waals surface area (Å²) in [7, 11) is 1.63. The highest BCUT2D eigenvalue weighted by Crippen LogP contribution is 2.17. The molecule has 2 amide bonds. The van der Waals surface area contributed by atoms with Gasteiger partial charge in [0.1, 0.15) is 12.4 Å². The van der Waals surface area contributed by atoms with Crippen LogP contribution in [0.15, 0.2) is 24.3 Å². The summed E-state index contributed by atoms with van der Waals surface area (Å²) < 4.78 is 5.64. The molecule has 0 aliphatic carbocycles. The van der Waals surface area contributed by atoms with Crippen molar-refractivity contribution < 1.29 is 14.3 Å². The number of nitrogens with two attached hydrogens (primary N) is 1. The minimum atomic E-state index is -0.0530. The molecule has 0 atom stereocenters. The molecule has 6 heteroatoms. The van der Waals surface area contributed by atoms with Gasteiger partial charge in [0.25, 0.3) is 0 Å². The SMILES string of the molecule is CN1CC(=O)N(CCOc2ccccc2CN)CC1=O. The first-order chi connectivity index (χ1) is 9.61.